The van der Waals surface area contributed by atoms with Gasteiger partial charge in [-0.25, -0.2) is 0 Å². The van der Waals surface area contributed by atoms with Crippen LogP contribution in [0, 0.1) is 4.91 Å². The van der Waals surface area contributed by atoms with Gasteiger partial charge in [-0.15, -0.1) is 4.91 Å². The first-order valence-electron chi connectivity index (χ1n) is 4.74. The average molecular weight is 251 g/mol. The average Bonchev–Trinajstić information content (AvgIpc) is 2.38. The van der Waals surface area contributed by atoms with Gasteiger partial charge in [0.2, 0.25) is 0 Å². The maximum Gasteiger partial charge on any atom is 0.323 e. The van der Waals surface area contributed by atoms with Crippen molar-refractivity contribution < 1.29 is 9.53 Å². The maximum absolute atomic E-state index is 10.7. The van der Waals surface area contributed by atoms with E-state index in [1.165, 1.54) is 0 Å². The van der Waals surface area contributed by atoms with Crippen LogP contribution in [0.25, 0.3) is 10.9 Å². The Morgan fingerprint density at radius 1 is 1.41 bits per heavy atom. The largest absolute Gasteiger partial charge is 0.481 e. The molecule has 0 N–H and O–H groups in total. The van der Waals surface area contributed by atoms with Gasteiger partial charge in [-0.05, 0) is 24.3 Å². The van der Waals surface area contributed by atoms with Crippen LogP contribution in [0.3, 0.4) is 0 Å². The number of aromatic nitrogens is 1. The zero-order valence-corrected chi connectivity index (χ0v) is 9.35. The second-order valence-electron chi connectivity index (χ2n) is 3.22. The quantitative estimate of drug-likeness (QED) is 0.785. The number of rotatable bonds is 3. The van der Waals surface area contributed by atoms with E-state index in [-0.39, 0.29) is 0 Å². The van der Waals surface area contributed by atoms with Crippen molar-refractivity contribution in [3.63, 3.8) is 0 Å². The SMILES string of the molecule is O=NC(=O)COc1ccc(Cl)c2cccnc12. The Morgan fingerprint density at radius 3 is 3.00 bits per heavy atom. The van der Waals surface area contributed by atoms with Gasteiger partial charge in [0, 0.05) is 16.8 Å². The number of carbonyl (C=O) groups is 1. The molecule has 0 aliphatic heterocycles. The van der Waals surface area contributed by atoms with Crippen molar-refractivity contribution in [1.82, 2.24) is 4.98 Å². The van der Waals surface area contributed by atoms with Crippen molar-refractivity contribution in [2.75, 3.05) is 6.61 Å². The summed E-state index contributed by atoms with van der Waals surface area (Å²) in [7, 11) is 0. The molecule has 0 bridgehead atoms. The molecule has 5 nitrogen and oxygen atoms in total. The number of nitrogens with zero attached hydrogens (tertiary/aromatic N) is 2. The molecule has 1 aromatic heterocycles. The molecule has 1 amide bonds. The fraction of sp³-hybridized carbons (Fsp3) is 0.0909. The van der Waals surface area contributed by atoms with Crippen LogP contribution >= 0.6 is 11.6 Å². The molecule has 1 heterocycles. The lowest BCUT2D eigenvalue weighted by molar-refractivity contribution is -0.119. The number of hydrogen-bond donors (Lipinski definition) is 0. The van der Waals surface area contributed by atoms with E-state index in [9.17, 15) is 9.70 Å². The summed E-state index contributed by atoms with van der Waals surface area (Å²) in [6.07, 6.45) is 1.59. The molecule has 0 spiro atoms. The highest BCUT2D eigenvalue weighted by Crippen LogP contribution is 2.29. The first-order valence-corrected chi connectivity index (χ1v) is 5.12. The summed E-state index contributed by atoms with van der Waals surface area (Å²) < 4.78 is 5.16. The Kier molecular flexibility index (Phi) is 3.30. The zero-order chi connectivity index (χ0) is 12.3. The lowest BCUT2D eigenvalue weighted by Gasteiger charge is -2.07. The second-order valence-corrected chi connectivity index (χ2v) is 3.63. The molecule has 1 aromatic carbocycles. The monoisotopic (exact) mass is 250 g/mol. The number of ether oxygens (including phenoxy) is 1. The van der Waals surface area contributed by atoms with Crippen molar-refractivity contribution in [3.8, 4) is 5.75 Å². The minimum atomic E-state index is -0.871. The fourth-order valence-electron chi connectivity index (χ4n) is 1.39. The molecule has 86 valence electrons. The minimum Gasteiger partial charge on any atom is -0.481 e. The minimum absolute atomic E-state index is 0.391. The van der Waals surface area contributed by atoms with Crippen LogP contribution < -0.4 is 4.74 Å². The Balaban J connectivity index is 2.38. The summed E-state index contributed by atoms with van der Waals surface area (Å²) in [5, 5.41) is 3.50. The molecule has 2 rings (SSSR count). The summed E-state index contributed by atoms with van der Waals surface area (Å²) in [6, 6.07) is 6.77. The Labute approximate surface area is 101 Å². The molecular formula is C11H7ClN2O3. The van der Waals surface area contributed by atoms with E-state index in [0.29, 0.717) is 16.3 Å². The molecule has 0 fully saturated rings. The van der Waals surface area contributed by atoms with Crippen molar-refractivity contribution in [1.29, 1.82) is 0 Å². The van der Waals surface area contributed by atoms with Gasteiger partial charge in [0.1, 0.15) is 11.3 Å². The number of carbonyl (C=O) groups excluding carboxylic acids is 1. The number of benzene rings is 1. The molecule has 0 unspecified atom stereocenters. The van der Waals surface area contributed by atoms with Crippen molar-refractivity contribution in [2.24, 2.45) is 5.18 Å². The third-order valence-electron chi connectivity index (χ3n) is 2.13. The lowest BCUT2D eigenvalue weighted by Crippen LogP contribution is -2.08. The smallest absolute Gasteiger partial charge is 0.323 e. The van der Waals surface area contributed by atoms with Gasteiger partial charge in [-0.3, -0.25) is 9.78 Å². The molecule has 0 radical (unpaired) electrons. The van der Waals surface area contributed by atoms with Crippen LogP contribution in [0.4, 0.5) is 0 Å². The highest BCUT2D eigenvalue weighted by atomic mass is 35.5. The van der Waals surface area contributed by atoms with E-state index < -0.39 is 12.5 Å². The Morgan fingerprint density at radius 2 is 2.24 bits per heavy atom. The molecule has 17 heavy (non-hydrogen) atoms. The van der Waals surface area contributed by atoms with E-state index in [0.717, 1.165) is 5.39 Å². The van der Waals surface area contributed by atoms with Crippen LogP contribution in [-0.4, -0.2) is 17.5 Å². The van der Waals surface area contributed by atoms with E-state index in [4.69, 9.17) is 16.3 Å². The number of amides is 1. The van der Waals surface area contributed by atoms with E-state index in [1.54, 1.807) is 30.5 Å². The molecule has 0 atom stereocenters. The molecule has 0 aliphatic rings. The van der Waals surface area contributed by atoms with E-state index in [2.05, 4.69) is 10.2 Å². The van der Waals surface area contributed by atoms with Crippen molar-refractivity contribution in [2.45, 2.75) is 0 Å². The number of pyridine rings is 1. The highest BCUT2D eigenvalue weighted by molar-refractivity contribution is 6.35. The fourth-order valence-corrected chi connectivity index (χ4v) is 1.61. The van der Waals surface area contributed by atoms with Crippen LogP contribution in [0.15, 0.2) is 35.6 Å². The van der Waals surface area contributed by atoms with Gasteiger partial charge in [-0.2, -0.15) is 0 Å². The van der Waals surface area contributed by atoms with Crippen LogP contribution in [0.2, 0.25) is 5.02 Å². The highest BCUT2D eigenvalue weighted by Gasteiger charge is 2.08. The zero-order valence-electron chi connectivity index (χ0n) is 8.59. The summed E-state index contributed by atoms with van der Waals surface area (Å²) in [5.41, 5.74) is 0.540. The topological polar surface area (TPSA) is 68.6 Å². The normalized spacial score (nSPS) is 10.2. The molecule has 0 aliphatic carbocycles. The van der Waals surface area contributed by atoms with Crippen molar-refractivity contribution >= 4 is 28.4 Å². The number of hydrogen-bond acceptors (Lipinski definition) is 4. The summed E-state index contributed by atoms with van der Waals surface area (Å²) in [4.78, 5) is 24.8. The molecular weight excluding hydrogens is 244 g/mol. The molecule has 0 saturated carbocycles. The first kappa shape index (κ1) is 11.5. The summed E-state index contributed by atoms with van der Waals surface area (Å²) >= 11 is 5.99. The predicted octanol–water partition coefficient (Wildman–Crippen LogP) is 2.56. The van der Waals surface area contributed by atoms with Crippen LogP contribution in [0.5, 0.6) is 5.75 Å². The number of fused-ring (bicyclic) bond motifs is 1. The predicted molar refractivity (Wildman–Crippen MR) is 63.1 cm³/mol. The van der Waals surface area contributed by atoms with Gasteiger partial charge in [0.05, 0.1) is 5.02 Å². The number of halogens is 1. The van der Waals surface area contributed by atoms with Gasteiger partial charge in [0.25, 0.3) is 0 Å². The van der Waals surface area contributed by atoms with Gasteiger partial charge < -0.3 is 4.74 Å². The van der Waals surface area contributed by atoms with Crippen molar-refractivity contribution in [3.05, 3.63) is 40.4 Å². The first-order chi connectivity index (χ1) is 8.22. The van der Waals surface area contributed by atoms with Gasteiger partial charge in [0.15, 0.2) is 6.61 Å². The van der Waals surface area contributed by atoms with Gasteiger partial charge in [-0.1, -0.05) is 11.6 Å². The van der Waals surface area contributed by atoms with E-state index >= 15 is 0 Å². The molecule has 2 aromatic rings. The Hall–Kier alpha value is -2.01. The third kappa shape index (κ3) is 2.39. The summed E-state index contributed by atoms with van der Waals surface area (Å²) in [5.74, 6) is -0.481. The van der Waals surface area contributed by atoms with Crippen LogP contribution in [0.1, 0.15) is 0 Å². The lowest BCUT2D eigenvalue weighted by atomic mass is 10.2. The third-order valence-corrected chi connectivity index (χ3v) is 2.46. The molecule has 6 heteroatoms. The van der Waals surface area contributed by atoms with Crippen LogP contribution in [-0.2, 0) is 4.79 Å². The second kappa shape index (κ2) is 4.88. The maximum atomic E-state index is 10.7. The van der Waals surface area contributed by atoms with Gasteiger partial charge >= 0.3 is 5.91 Å². The summed E-state index contributed by atoms with van der Waals surface area (Å²) in [6.45, 7) is -0.406. The number of nitroso groups, excluding NO2 is 1. The van der Waals surface area contributed by atoms with E-state index in [1.807, 2.05) is 0 Å². The molecule has 0 saturated heterocycles. The Bertz CT molecular complexity index is 586. The standard InChI is InChI=1S/C11H7ClN2O3/c12-8-3-4-9(17-6-10(15)14-16)11-7(8)2-1-5-13-11/h1-5H,6H2.